The van der Waals surface area contributed by atoms with Gasteiger partial charge < -0.3 is 5.73 Å². The summed E-state index contributed by atoms with van der Waals surface area (Å²) in [6.07, 6.45) is 8.14. The smallest absolute Gasteiger partial charge is 0.0701 e. The van der Waals surface area contributed by atoms with E-state index in [1.54, 1.807) is 11.3 Å². The quantitative estimate of drug-likeness (QED) is 0.912. The molecule has 0 saturated heterocycles. The molecule has 2 heterocycles. The molecule has 5 heteroatoms. The van der Waals surface area contributed by atoms with Crippen molar-refractivity contribution in [1.82, 2.24) is 9.78 Å². The maximum Gasteiger partial charge on any atom is 0.0701 e. The molecule has 1 aliphatic rings. The van der Waals surface area contributed by atoms with Crippen molar-refractivity contribution in [2.75, 3.05) is 0 Å². The van der Waals surface area contributed by atoms with Gasteiger partial charge in [-0.15, -0.1) is 11.3 Å². The van der Waals surface area contributed by atoms with Crippen LogP contribution < -0.4 is 5.73 Å². The summed E-state index contributed by atoms with van der Waals surface area (Å²) in [4.78, 5) is 1.21. The Kier molecular flexibility index (Phi) is 4.05. The lowest BCUT2D eigenvalue weighted by atomic mass is 10.1. The predicted molar refractivity (Wildman–Crippen MR) is 82.4 cm³/mol. The molecule has 0 radical (unpaired) electrons. The zero-order valence-corrected chi connectivity index (χ0v) is 13.2. The van der Waals surface area contributed by atoms with Gasteiger partial charge in [0.05, 0.1) is 15.5 Å². The van der Waals surface area contributed by atoms with Gasteiger partial charge in [0.2, 0.25) is 0 Å². The number of aromatic nitrogens is 2. The lowest BCUT2D eigenvalue weighted by Crippen LogP contribution is -2.13. The van der Waals surface area contributed by atoms with E-state index in [9.17, 15) is 0 Å². The van der Waals surface area contributed by atoms with E-state index in [1.807, 2.05) is 0 Å². The van der Waals surface area contributed by atoms with Crippen LogP contribution in [0.5, 0.6) is 0 Å². The lowest BCUT2D eigenvalue weighted by Gasteiger charge is -2.10. The highest BCUT2D eigenvalue weighted by Gasteiger charge is 2.18. The Morgan fingerprint density at radius 3 is 2.84 bits per heavy atom. The van der Waals surface area contributed by atoms with Crippen LogP contribution in [0.25, 0.3) is 0 Å². The van der Waals surface area contributed by atoms with Crippen LogP contribution >= 0.6 is 27.3 Å². The zero-order chi connectivity index (χ0) is 13.2. The summed E-state index contributed by atoms with van der Waals surface area (Å²) in [5.74, 6) is 0. The van der Waals surface area contributed by atoms with Crippen molar-refractivity contribution in [3.63, 3.8) is 0 Å². The number of nitrogens with two attached hydrogens (primary N) is 1. The molecular formula is C14H18BrN3S. The number of hydrogen-bond acceptors (Lipinski definition) is 3. The largest absolute Gasteiger partial charge is 0.323 e. The first kappa shape index (κ1) is 13.3. The first-order valence-corrected chi connectivity index (χ1v) is 8.38. The van der Waals surface area contributed by atoms with Crippen LogP contribution in [-0.4, -0.2) is 9.78 Å². The normalized spacial score (nSPS) is 18.0. The van der Waals surface area contributed by atoms with Crippen LogP contribution in [0, 0.1) is 0 Å². The molecular weight excluding hydrogens is 322 g/mol. The third kappa shape index (κ3) is 3.09. The molecule has 0 amide bonds. The van der Waals surface area contributed by atoms with E-state index in [2.05, 4.69) is 45.0 Å². The van der Waals surface area contributed by atoms with Gasteiger partial charge in [0, 0.05) is 23.5 Å². The molecule has 0 aromatic carbocycles. The Balaban J connectivity index is 1.66. The molecule has 2 N–H and O–H groups in total. The Morgan fingerprint density at radius 2 is 2.16 bits per heavy atom. The summed E-state index contributed by atoms with van der Waals surface area (Å²) in [5, 5.41) is 4.69. The average Bonchev–Trinajstić information content (AvgIpc) is 3.07. The van der Waals surface area contributed by atoms with Gasteiger partial charge in [-0.25, -0.2) is 0 Å². The second-order valence-electron chi connectivity index (χ2n) is 5.18. The summed E-state index contributed by atoms with van der Waals surface area (Å²) in [6, 6.07) is 6.91. The third-order valence-electron chi connectivity index (χ3n) is 3.75. The molecule has 102 valence electrons. The molecule has 3 nitrogen and oxygen atoms in total. The third-order valence-corrected chi connectivity index (χ3v) is 5.51. The molecule has 0 aliphatic heterocycles. The van der Waals surface area contributed by atoms with Crippen molar-refractivity contribution < 1.29 is 0 Å². The predicted octanol–water partition coefficient (Wildman–Crippen LogP) is 4.06. The van der Waals surface area contributed by atoms with E-state index < -0.39 is 0 Å². The first-order chi connectivity index (χ1) is 9.22. The number of thiophene rings is 1. The fourth-order valence-electron chi connectivity index (χ4n) is 2.71. The summed E-state index contributed by atoms with van der Waals surface area (Å²) >= 11 is 5.18. The zero-order valence-electron chi connectivity index (χ0n) is 10.8. The van der Waals surface area contributed by atoms with Crippen molar-refractivity contribution in [1.29, 1.82) is 0 Å². The molecule has 1 atom stereocenters. The molecule has 1 aliphatic carbocycles. The maximum absolute atomic E-state index is 6.24. The molecule has 2 aromatic rings. The first-order valence-electron chi connectivity index (χ1n) is 6.77. The van der Waals surface area contributed by atoms with Crippen LogP contribution in [-0.2, 0) is 6.42 Å². The highest BCUT2D eigenvalue weighted by Crippen LogP contribution is 2.30. The Bertz CT molecular complexity index is 542. The van der Waals surface area contributed by atoms with Crippen molar-refractivity contribution >= 4 is 27.3 Å². The molecule has 1 fully saturated rings. The van der Waals surface area contributed by atoms with Crippen LogP contribution in [0.2, 0.25) is 0 Å². The van der Waals surface area contributed by atoms with Gasteiger partial charge in [-0.2, -0.15) is 5.10 Å². The Hall–Kier alpha value is -0.650. The van der Waals surface area contributed by atoms with E-state index in [0.29, 0.717) is 6.04 Å². The number of hydrogen-bond donors (Lipinski definition) is 1. The highest BCUT2D eigenvalue weighted by atomic mass is 79.9. The van der Waals surface area contributed by atoms with E-state index in [0.717, 1.165) is 15.9 Å². The fourth-order valence-corrected chi connectivity index (χ4v) is 4.14. The Labute approximate surface area is 125 Å². The maximum atomic E-state index is 6.24. The van der Waals surface area contributed by atoms with E-state index in [-0.39, 0.29) is 6.04 Å². The molecule has 2 aromatic heterocycles. The fraction of sp³-hybridized carbons (Fsp3) is 0.500. The van der Waals surface area contributed by atoms with Crippen LogP contribution in [0.4, 0.5) is 0 Å². The van der Waals surface area contributed by atoms with Crippen molar-refractivity contribution in [3.05, 3.63) is 38.8 Å². The SMILES string of the molecule is NC(Cc1ccn(C2CCCC2)n1)c1ccc(Br)s1. The van der Waals surface area contributed by atoms with Gasteiger partial charge >= 0.3 is 0 Å². The highest BCUT2D eigenvalue weighted by molar-refractivity contribution is 9.11. The monoisotopic (exact) mass is 339 g/mol. The molecule has 1 saturated carbocycles. The Morgan fingerprint density at radius 1 is 1.37 bits per heavy atom. The van der Waals surface area contributed by atoms with Crippen LogP contribution in [0.3, 0.4) is 0 Å². The second-order valence-corrected chi connectivity index (χ2v) is 7.67. The molecule has 0 spiro atoms. The molecule has 3 rings (SSSR count). The van der Waals surface area contributed by atoms with Gasteiger partial charge in [0.1, 0.15) is 0 Å². The van der Waals surface area contributed by atoms with Gasteiger partial charge in [-0.1, -0.05) is 12.8 Å². The van der Waals surface area contributed by atoms with E-state index in [1.165, 1.54) is 30.6 Å². The van der Waals surface area contributed by atoms with E-state index in [4.69, 9.17) is 10.8 Å². The topological polar surface area (TPSA) is 43.8 Å². The molecule has 0 bridgehead atoms. The van der Waals surface area contributed by atoms with Gasteiger partial charge in [-0.05, 0) is 47.0 Å². The molecule has 19 heavy (non-hydrogen) atoms. The summed E-state index contributed by atoms with van der Waals surface area (Å²) < 4.78 is 3.27. The van der Waals surface area contributed by atoms with Gasteiger partial charge in [0.25, 0.3) is 0 Å². The minimum Gasteiger partial charge on any atom is -0.323 e. The van der Waals surface area contributed by atoms with Gasteiger partial charge in [0.15, 0.2) is 0 Å². The summed E-state index contributed by atoms with van der Waals surface area (Å²) in [7, 11) is 0. The van der Waals surface area contributed by atoms with E-state index >= 15 is 0 Å². The standard InChI is InChI=1S/C14H18BrN3S/c15-14-6-5-13(19-14)12(16)9-10-7-8-18(17-10)11-3-1-2-4-11/h5-8,11-12H,1-4,9,16H2. The number of halogens is 1. The van der Waals surface area contributed by atoms with Crippen molar-refractivity contribution in [2.45, 2.75) is 44.2 Å². The minimum absolute atomic E-state index is 0.0447. The van der Waals surface area contributed by atoms with Crippen LogP contribution in [0.1, 0.15) is 48.3 Å². The summed E-state index contributed by atoms with van der Waals surface area (Å²) in [6.45, 7) is 0. The van der Waals surface area contributed by atoms with Crippen molar-refractivity contribution in [3.8, 4) is 0 Å². The minimum atomic E-state index is 0.0447. The van der Waals surface area contributed by atoms with Crippen molar-refractivity contribution in [2.24, 2.45) is 5.73 Å². The number of nitrogens with zero attached hydrogens (tertiary/aromatic N) is 2. The van der Waals surface area contributed by atoms with Gasteiger partial charge in [-0.3, -0.25) is 4.68 Å². The molecule has 1 unspecified atom stereocenters. The average molecular weight is 340 g/mol. The lowest BCUT2D eigenvalue weighted by molar-refractivity contribution is 0.461. The second kappa shape index (κ2) is 5.77. The summed E-state index contributed by atoms with van der Waals surface area (Å²) in [5.41, 5.74) is 7.34. The number of rotatable bonds is 4. The van der Waals surface area contributed by atoms with Crippen LogP contribution in [0.15, 0.2) is 28.2 Å².